The van der Waals surface area contributed by atoms with Crippen molar-refractivity contribution in [2.24, 2.45) is 5.73 Å². The number of unbranched alkanes of at least 4 members (excludes halogenated alkanes) is 4. The molecule has 10 heteroatoms. The fourth-order valence-corrected chi connectivity index (χ4v) is 1.73. The normalized spacial score (nSPS) is 15.2. The second-order valence-electron chi connectivity index (χ2n) is 5.50. The number of aliphatic hydroxyl groups excluding tert-OH is 4. The molecule has 0 unspecified atom stereocenters. The third-order valence-corrected chi connectivity index (χ3v) is 3.26. The highest BCUT2D eigenvalue weighted by Gasteiger charge is 2.28. The highest BCUT2D eigenvalue weighted by molar-refractivity contribution is 5.66. The van der Waals surface area contributed by atoms with Crippen molar-refractivity contribution in [1.82, 2.24) is 0 Å². The van der Waals surface area contributed by atoms with Gasteiger partial charge in [-0.15, -0.1) is 0 Å². The van der Waals surface area contributed by atoms with Gasteiger partial charge in [0.15, 0.2) is 0 Å². The van der Waals surface area contributed by atoms with Gasteiger partial charge in [-0.3, -0.25) is 9.59 Å². The van der Waals surface area contributed by atoms with Gasteiger partial charge < -0.3 is 41.2 Å². The van der Waals surface area contributed by atoms with E-state index in [4.69, 9.17) is 36.4 Å². The molecule has 0 aromatic rings. The summed E-state index contributed by atoms with van der Waals surface area (Å²) in [5, 5.41) is 51.8. The van der Waals surface area contributed by atoms with Gasteiger partial charge in [-0.1, -0.05) is 19.3 Å². The van der Waals surface area contributed by atoms with Crippen LogP contribution in [0, 0.1) is 0 Å². The van der Waals surface area contributed by atoms with Gasteiger partial charge >= 0.3 is 11.9 Å². The predicted octanol–water partition coefficient (Wildman–Crippen LogP) is -1.53. The van der Waals surface area contributed by atoms with Crippen molar-refractivity contribution in [3.8, 4) is 0 Å². The lowest BCUT2D eigenvalue weighted by molar-refractivity contribution is -0.138. The zero-order valence-electron chi connectivity index (χ0n) is 14.0. The highest BCUT2D eigenvalue weighted by Crippen LogP contribution is 2.06. The second kappa shape index (κ2) is 15.9. The minimum atomic E-state index is -1.62. The SMILES string of the molecule is N[C@@H](C=O)[C@@H](O)[C@H](O)[C@H](O)CO.O=C(O)CCCCCCCC(=O)O. The number of hydrogen-bond donors (Lipinski definition) is 7. The van der Waals surface area contributed by atoms with Crippen molar-refractivity contribution in [1.29, 1.82) is 0 Å². The summed E-state index contributed by atoms with van der Waals surface area (Å²) in [5.41, 5.74) is 5.04. The summed E-state index contributed by atoms with van der Waals surface area (Å²) in [6.45, 7) is -0.705. The van der Waals surface area contributed by atoms with Crippen molar-refractivity contribution in [3.05, 3.63) is 0 Å². The number of aliphatic carboxylic acids is 2. The molecule has 8 N–H and O–H groups in total. The number of nitrogens with two attached hydrogens (primary N) is 1. The molecule has 0 aliphatic carbocycles. The number of aliphatic hydroxyl groups is 4. The number of aldehydes is 1. The number of carbonyl (C=O) groups excluding carboxylic acids is 1. The van der Waals surface area contributed by atoms with Gasteiger partial charge in [-0.05, 0) is 12.8 Å². The topological polar surface area (TPSA) is 199 Å². The molecule has 0 spiro atoms. The average Bonchev–Trinajstić information content (AvgIpc) is 2.58. The molecule has 148 valence electrons. The maximum absolute atomic E-state index is 10.1. The standard InChI is InChI=1S/C9H16O4.C6H13NO5/c10-8(11)6-4-2-1-3-5-7-9(12)13;7-3(1-8)5(11)6(12)4(10)2-9/h1-7H2,(H,10,11)(H,12,13);1,3-6,9-12H,2,7H2/t;3-,4+,5+,6+/m.0/s1. The van der Waals surface area contributed by atoms with Gasteiger partial charge in [0.2, 0.25) is 0 Å². The summed E-state index contributed by atoms with van der Waals surface area (Å²) >= 11 is 0. The van der Waals surface area contributed by atoms with Gasteiger partial charge in [-0.25, -0.2) is 0 Å². The summed E-state index contributed by atoms with van der Waals surface area (Å²) < 4.78 is 0. The van der Waals surface area contributed by atoms with Crippen LogP contribution in [0.3, 0.4) is 0 Å². The van der Waals surface area contributed by atoms with Crippen LogP contribution in [-0.2, 0) is 14.4 Å². The molecular formula is C15H29NO9. The molecule has 0 amide bonds. The molecule has 0 saturated heterocycles. The summed E-state index contributed by atoms with van der Waals surface area (Å²) in [4.78, 5) is 30.2. The van der Waals surface area contributed by atoms with E-state index in [2.05, 4.69) is 0 Å². The fraction of sp³-hybridized carbons (Fsp3) is 0.800. The smallest absolute Gasteiger partial charge is 0.303 e. The van der Waals surface area contributed by atoms with Crippen molar-refractivity contribution >= 4 is 18.2 Å². The van der Waals surface area contributed by atoms with E-state index in [1.165, 1.54) is 0 Å². The Labute approximate surface area is 145 Å². The quantitative estimate of drug-likeness (QED) is 0.148. The van der Waals surface area contributed by atoms with E-state index in [0.717, 1.165) is 19.3 Å². The van der Waals surface area contributed by atoms with Crippen molar-refractivity contribution < 1.29 is 45.0 Å². The first kappa shape index (κ1) is 25.6. The van der Waals surface area contributed by atoms with Crippen LogP contribution in [0.25, 0.3) is 0 Å². The average molecular weight is 367 g/mol. The molecule has 4 atom stereocenters. The molecule has 0 radical (unpaired) electrons. The summed E-state index contributed by atoms with van der Waals surface area (Å²) in [6, 6.07) is -1.26. The number of hydrogen-bond acceptors (Lipinski definition) is 8. The Balaban J connectivity index is 0. The number of rotatable bonds is 13. The van der Waals surface area contributed by atoms with Gasteiger partial charge in [-0.2, -0.15) is 0 Å². The minimum Gasteiger partial charge on any atom is -0.481 e. The first-order chi connectivity index (χ1) is 11.7. The Morgan fingerprint density at radius 2 is 1.24 bits per heavy atom. The minimum absolute atomic E-state index is 0.221. The van der Waals surface area contributed by atoms with Gasteiger partial charge in [0.1, 0.15) is 24.6 Å². The van der Waals surface area contributed by atoms with E-state index in [-0.39, 0.29) is 19.1 Å². The molecule has 0 saturated carbocycles. The van der Waals surface area contributed by atoms with Crippen molar-refractivity contribution in [2.45, 2.75) is 69.3 Å². The zero-order valence-corrected chi connectivity index (χ0v) is 14.0. The van der Waals surface area contributed by atoms with Gasteiger partial charge in [0, 0.05) is 12.8 Å². The maximum Gasteiger partial charge on any atom is 0.303 e. The molecule has 25 heavy (non-hydrogen) atoms. The second-order valence-corrected chi connectivity index (χ2v) is 5.50. The Hall–Kier alpha value is -1.59. The van der Waals surface area contributed by atoms with Crippen LogP contribution < -0.4 is 5.73 Å². The van der Waals surface area contributed by atoms with Crippen LogP contribution in [-0.4, -0.2) is 79.8 Å². The first-order valence-electron chi connectivity index (χ1n) is 7.96. The maximum atomic E-state index is 10.1. The van der Waals surface area contributed by atoms with Crippen molar-refractivity contribution in [2.75, 3.05) is 6.61 Å². The Morgan fingerprint density at radius 3 is 1.56 bits per heavy atom. The van der Waals surface area contributed by atoms with Gasteiger partial charge in [0.25, 0.3) is 0 Å². The summed E-state index contributed by atoms with van der Waals surface area (Å²) in [7, 11) is 0. The van der Waals surface area contributed by atoms with E-state index in [1.54, 1.807) is 0 Å². The van der Waals surface area contributed by atoms with E-state index < -0.39 is 42.9 Å². The molecule has 10 nitrogen and oxygen atoms in total. The summed E-state index contributed by atoms with van der Waals surface area (Å²) in [6.07, 6.45) is 0.102. The lowest BCUT2D eigenvalue weighted by Gasteiger charge is -2.23. The Kier molecular flexibility index (Phi) is 16.3. The lowest BCUT2D eigenvalue weighted by atomic mass is 10.0. The van der Waals surface area contributed by atoms with E-state index in [1.807, 2.05) is 0 Å². The summed E-state index contributed by atoms with van der Waals surface area (Å²) in [5.74, 6) is -1.52. The molecule has 0 heterocycles. The molecule has 0 aliphatic rings. The van der Waals surface area contributed by atoms with Crippen LogP contribution >= 0.6 is 0 Å². The Bertz CT molecular complexity index is 360. The van der Waals surface area contributed by atoms with E-state index >= 15 is 0 Å². The van der Waals surface area contributed by atoms with E-state index in [9.17, 15) is 14.4 Å². The Morgan fingerprint density at radius 1 is 0.840 bits per heavy atom. The molecule has 0 aromatic carbocycles. The van der Waals surface area contributed by atoms with Crippen LogP contribution in [0.2, 0.25) is 0 Å². The molecule has 0 bridgehead atoms. The van der Waals surface area contributed by atoms with Crippen LogP contribution in [0.15, 0.2) is 0 Å². The van der Waals surface area contributed by atoms with Crippen LogP contribution in [0.4, 0.5) is 0 Å². The number of carboxylic acid groups (broad SMARTS) is 2. The fourth-order valence-electron chi connectivity index (χ4n) is 1.73. The largest absolute Gasteiger partial charge is 0.481 e. The predicted molar refractivity (Wildman–Crippen MR) is 86.7 cm³/mol. The zero-order chi connectivity index (χ0) is 19.8. The number of carbonyl (C=O) groups is 3. The third-order valence-electron chi connectivity index (χ3n) is 3.26. The van der Waals surface area contributed by atoms with E-state index in [0.29, 0.717) is 12.8 Å². The lowest BCUT2D eigenvalue weighted by Crippen LogP contribution is -2.49. The highest BCUT2D eigenvalue weighted by atomic mass is 16.4. The molecule has 0 fully saturated rings. The number of carboxylic acids is 2. The van der Waals surface area contributed by atoms with Crippen LogP contribution in [0.5, 0.6) is 0 Å². The molecule has 0 aliphatic heterocycles. The first-order valence-corrected chi connectivity index (χ1v) is 7.96. The van der Waals surface area contributed by atoms with Crippen molar-refractivity contribution in [3.63, 3.8) is 0 Å². The molecular weight excluding hydrogens is 338 g/mol. The molecule has 0 aromatic heterocycles. The monoisotopic (exact) mass is 367 g/mol. The van der Waals surface area contributed by atoms with Gasteiger partial charge in [0.05, 0.1) is 12.6 Å². The molecule has 0 rings (SSSR count). The third kappa shape index (κ3) is 15.7. The van der Waals surface area contributed by atoms with Crippen LogP contribution in [0.1, 0.15) is 44.9 Å².